The Hall–Kier alpha value is -1.36. The molecular weight excluding hydrogens is 224 g/mol. The first kappa shape index (κ1) is 12.1. The molecule has 0 spiro atoms. The zero-order chi connectivity index (χ0) is 12.4. The monoisotopic (exact) mass is 240 g/mol. The van der Waals surface area contributed by atoms with Gasteiger partial charge >= 0.3 is 11.9 Å². The number of carbonyl (C=O) groups is 2. The summed E-state index contributed by atoms with van der Waals surface area (Å²) in [5.41, 5.74) is 0. The van der Waals surface area contributed by atoms with E-state index >= 15 is 0 Å². The van der Waals surface area contributed by atoms with E-state index in [0.717, 1.165) is 0 Å². The van der Waals surface area contributed by atoms with Gasteiger partial charge in [-0.1, -0.05) is 12.2 Å². The molecule has 0 aromatic carbocycles. The van der Waals surface area contributed by atoms with E-state index in [1.807, 2.05) is 12.2 Å². The van der Waals surface area contributed by atoms with Crippen molar-refractivity contribution < 1.29 is 23.8 Å². The first-order valence-corrected chi connectivity index (χ1v) is 5.86. The molecule has 2 bridgehead atoms. The van der Waals surface area contributed by atoms with E-state index in [4.69, 9.17) is 14.2 Å². The Morgan fingerprint density at radius 2 is 1.41 bits per heavy atom. The highest BCUT2D eigenvalue weighted by molar-refractivity contribution is 5.85. The van der Waals surface area contributed by atoms with Gasteiger partial charge in [-0.15, -0.1) is 0 Å². The molecule has 1 fully saturated rings. The normalized spacial score (nSPS) is 33.8. The summed E-state index contributed by atoms with van der Waals surface area (Å²) in [5, 5.41) is 0. The molecule has 4 atom stereocenters. The SMILES string of the molecule is CCOC(=O)C1C2C=CC(O2)C1C(=O)OCC. The second kappa shape index (κ2) is 4.87. The molecular formula is C12H16O5. The van der Waals surface area contributed by atoms with E-state index in [1.165, 1.54) is 0 Å². The highest BCUT2D eigenvalue weighted by atomic mass is 16.6. The van der Waals surface area contributed by atoms with E-state index in [1.54, 1.807) is 13.8 Å². The average Bonchev–Trinajstić information content (AvgIpc) is 2.89. The quantitative estimate of drug-likeness (QED) is 0.534. The zero-order valence-corrected chi connectivity index (χ0v) is 9.92. The van der Waals surface area contributed by atoms with Gasteiger partial charge in [0.15, 0.2) is 0 Å². The van der Waals surface area contributed by atoms with Gasteiger partial charge in [-0.25, -0.2) is 0 Å². The second-order valence-electron chi connectivity index (χ2n) is 4.01. The van der Waals surface area contributed by atoms with Crippen LogP contribution in [-0.4, -0.2) is 37.4 Å². The van der Waals surface area contributed by atoms with Crippen LogP contribution in [0.3, 0.4) is 0 Å². The van der Waals surface area contributed by atoms with Gasteiger partial charge in [0.05, 0.1) is 25.4 Å². The third-order valence-electron chi connectivity index (χ3n) is 3.02. The number of hydrogen-bond acceptors (Lipinski definition) is 5. The lowest BCUT2D eigenvalue weighted by Crippen LogP contribution is -2.38. The molecule has 0 amide bonds. The topological polar surface area (TPSA) is 61.8 Å². The predicted molar refractivity (Wildman–Crippen MR) is 58.0 cm³/mol. The van der Waals surface area contributed by atoms with Crippen LogP contribution in [0.4, 0.5) is 0 Å². The van der Waals surface area contributed by atoms with Crippen molar-refractivity contribution in [3.05, 3.63) is 12.2 Å². The van der Waals surface area contributed by atoms with Crippen LogP contribution in [0.2, 0.25) is 0 Å². The van der Waals surface area contributed by atoms with Gasteiger partial charge in [0, 0.05) is 0 Å². The summed E-state index contributed by atoms with van der Waals surface area (Å²) in [7, 11) is 0. The summed E-state index contributed by atoms with van der Waals surface area (Å²) in [6, 6.07) is 0. The molecule has 2 aliphatic heterocycles. The van der Waals surface area contributed by atoms with Crippen LogP contribution in [0.25, 0.3) is 0 Å². The third kappa shape index (κ3) is 2.07. The summed E-state index contributed by atoms with van der Waals surface area (Å²) < 4.78 is 15.5. The van der Waals surface area contributed by atoms with Gasteiger partial charge < -0.3 is 14.2 Å². The van der Waals surface area contributed by atoms with E-state index in [9.17, 15) is 9.59 Å². The van der Waals surface area contributed by atoms with Crippen molar-refractivity contribution in [1.29, 1.82) is 0 Å². The Kier molecular flexibility index (Phi) is 3.47. The number of hydrogen-bond donors (Lipinski definition) is 0. The van der Waals surface area contributed by atoms with Gasteiger partial charge in [-0.2, -0.15) is 0 Å². The number of esters is 2. The minimum atomic E-state index is -0.566. The van der Waals surface area contributed by atoms with E-state index < -0.39 is 11.8 Å². The van der Waals surface area contributed by atoms with Crippen molar-refractivity contribution in [2.75, 3.05) is 13.2 Å². The highest BCUT2D eigenvalue weighted by Crippen LogP contribution is 2.40. The lowest BCUT2D eigenvalue weighted by Gasteiger charge is -2.21. The maximum atomic E-state index is 11.8. The minimum absolute atomic E-state index is 0.298. The van der Waals surface area contributed by atoms with Crippen LogP contribution in [0, 0.1) is 11.8 Å². The van der Waals surface area contributed by atoms with Gasteiger partial charge in [0.1, 0.15) is 11.8 Å². The molecule has 94 valence electrons. The molecule has 0 aromatic rings. The lowest BCUT2D eigenvalue weighted by atomic mass is 9.83. The summed E-state index contributed by atoms with van der Waals surface area (Å²) >= 11 is 0. The van der Waals surface area contributed by atoms with Crippen molar-refractivity contribution in [3.63, 3.8) is 0 Å². The van der Waals surface area contributed by atoms with Gasteiger partial charge in [0.25, 0.3) is 0 Å². The molecule has 5 nitrogen and oxygen atoms in total. The number of carbonyl (C=O) groups excluding carboxylic acids is 2. The second-order valence-corrected chi connectivity index (χ2v) is 4.01. The van der Waals surface area contributed by atoms with Gasteiger partial charge in [-0.05, 0) is 13.8 Å². The van der Waals surface area contributed by atoms with Crippen molar-refractivity contribution >= 4 is 11.9 Å². The molecule has 0 radical (unpaired) electrons. The molecule has 0 saturated carbocycles. The predicted octanol–water partition coefficient (Wildman–Crippen LogP) is 0.682. The first-order chi connectivity index (χ1) is 8.19. The molecule has 0 aliphatic carbocycles. The van der Waals surface area contributed by atoms with Crippen LogP contribution in [-0.2, 0) is 23.8 Å². The fraction of sp³-hybridized carbons (Fsp3) is 0.667. The molecule has 5 heteroatoms. The molecule has 0 N–H and O–H groups in total. The van der Waals surface area contributed by atoms with Gasteiger partial charge in [-0.3, -0.25) is 9.59 Å². The smallest absolute Gasteiger partial charge is 0.312 e. The molecule has 2 heterocycles. The third-order valence-corrected chi connectivity index (χ3v) is 3.02. The van der Waals surface area contributed by atoms with Crippen LogP contribution in [0.1, 0.15) is 13.8 Å². The standard InChI is InChI=1S/C12H16O5/c1-3-15-11(13)9-7-5-6-8(17-7)10(9)12(14)16-4-2/h5-10H,3-4H2,1-2H3. The molecule has 2 aliphatic rings. The maximum absolute atomic E-state index is 11.8. The molecule has 1 saturated heterocycles. The van der Waals surface area contributed by atoms with Gasteiger partial charge in [0.2, 0.25) is 0 Å². The van der Waals surface area contributed by atoms with Crippen molar-refractivity contribution in [3.8, 4) is 0 Å². The fourth-order valence-corrected chi connectivity index (χ4v) is 2.35. The Morgan fingerprint density at radius 1 is 1.00 bits per heavy atom. The molecule has 0 aromatic heterocycles. The Morgan fingerprint density at radius 3 is 1.76 bits per heavy atom. The summed E-state index contributed by atoms with van der Waals surface area (Å²) in [5.74, 6) is -1.90. The van der Waals surface area contributed by atoms with E-state index in [0.29, 0.717) is 13.2 Å². The van der Waals surface area contributed by atoms with Crippen molar-refractivity contribution in [1.82, 2.24) is 0 Å². The van der Waals surface area contributed by atoms with Crippen LogP contribution in [0.15, 0.2) is 12.2 Å². The number of fused-ring (bicyclic) bond motifs is 2. The fourth-order valence-electron chi connectivity index (χ4n) is 2.35. The van der Waals surface area contributed by atoms with Crippen LogP contribution < -0.4 is 0 Å². The zero-order valence-electron chi connectivity index (χ0n) is 9.92. The van der Waals surface area contributed by atoms with Crippen LogP contribution in [0.5, 0.6) is 0 Å². The minimum Gasteiger partial charge on any atom is -0.466 e. The average molecular weight is 240 g/mol. The van der Waals surface area contributed by atoms with E-state index in [-0.39, 0.29) is 24.1 Å². The number of rotatable bonds is 4. The summed E-state index contributed by atoms with van der Waals surface area (Å²) in [6.07, 6.45) is 2.91. The van der Waals surface area contributed by atoms with Crippen molar-refractivity contribution in [2.24, 2.45) is 11.8 Å². The highest BCUT2D eigenvalue weighted by Gasteiger charge is 2.54. The summed E-state index contributed by atoms with van der Waals surface area (Å²) in [6.45, 7) is 4.07. The first-order valence-electron chi connectivity index (χ1n) is 5.86. The Balaban J connectivity index is 2.14. The van der Waals surface area contributed by atoms with Crippen molar-refractivity contribution in [2.45, 2.75) is 26.1 Å². The van der Waals surface area contributed by atoms with E-state index in [2.05, 4.69) is 0 Å². The molecule has 2 rings (SSSR count). The molecule has 17 heavy (non-hydrogen) atoms. The number of ether oxygens (including phenoxy) is 3. The Bertz CT molecular complexity index is 317. The largest absolute Gasteiger partial charge is 0.466 e. The maximum Gasteiger partial charge on any atom is 0.312 e. The molecule has 4 unspecified atom stereocenters. The lowest BCUT2D eigenvalue weighted by molar-refractivity contribution is -0.159. The summed E-state index contributed by atoms with van der Waals surface area (Å²) in [4.78, 5) is 23.6. The Labute approximate surface area is 99.7 Å². The van der Waals surface area contributed by atoms with Crippen LogP contribution >= 0.6 is 0 Å².